The molecule has 0 saturated heterocycles. The lowest BCUT2D eigenvalue weighted by Crippen LogP contribution is -2.15. The highest BCUT2D eigenvalue weighted by Gasteiger charge is 2.31. The Labute approximate surface area is 179 Å². The number of hydrogen-bond acceptors (Lipinski definition) is 4. The highest BCUT2D eigenvalue weighted by atomic mass is 35.5. The maximum absolute atomic E-state index is 13.9. The molecule has 3 rings (SSSR count). The lowest BCUT2D eigenvalue weighted by atomic mass is 10.1. The zero-order valence-electron chi connectivity index (χ0n) is 15.8. The van der Waals surface area contributed by atoms with E-state index in [2.05, 4.69) is 15.6 Å². The number of benzene rings is 2. The summed E-state index contributed by atoms with van der Waals surface area (Å²) in [4.78, 5) is 16.0. The van der Waals surface area contributed by atoms with Crippen LogP contribution in [0, 0.1) is 11.6 Å². The number of nitrogens with one attached hydrogen (secondary N) is 2. The standard InChI is InChI=1S/C20H14F5N3O2.ClH/c1-26-12-3-6-17(16(22)9-12)30-18-7-4-13(10-27-18)28-19(29)14-5-2-11(8-15(14)21)20(23,24)25;/h2-10,26H,1H3,(H,28,29);1H. The van der Waals surface area contributed by atoms with Gasteiger partial charge in [-0.1, -0.05) is 0 Å². The number of halogens is 6. The fraction of sp³-hybridized carbons (Fsp3) is 0.100. The molecule has 0 spiro atoms. The van der Waals surface area contributed by atoms with Gasteiger partial charge in [-0.05, 0) is 36.4 Å². The van der Waals surface area contributed by atoms with Crippen LogP contribution in [-0.4, -0.2) is 17.9 Å². The summed E-state index contributed by atoms with van der Waals surface area (Å²) < 4.78 is 70.9. The van der Waals surface area contributed by atoms with Gasteiger partial charge in [0.1, 0.15) is 5.82 Å². The lowest BCUT2D eigenvalue weighted by molar-refractivity contribution is -0.137. The molecule has 0 aliphatic carbocycles. The predicted molar refractivity (Wildman–Crippen MR) is 107 cm³/mol. The Bertz CT molecular complexity index is 1080. The third kappa shape index (κ3) is 5.82. The number of carbonyl (C=O) groups excluding carboxylic acids is 1. The molecule has 0 radical (unpaired) electrons. The van der Waals surface area contributed by atoms with Crippen LogP contribution in [0.15, 0.2) is 54.7 Å². The maximum Gasteiger partial charge on any atom is 0.416 e. The Morgan fingerprint density at radius 1 is 0.968 bits per heavy atom. The van der Waals surface area contributed by atoms with Crippen LogP contribution >= 0.6 is 12.4 Å². The summed E-state index contributed by atoms with van der Waals surface area (Å²) in [5, 5.41) is 5.09. The molecule has 31 heavy (non-hydrogen) atoms. The van der Waals surface area contributed by atoms with E-state index in [4.69, 9.17) is 4.74 Å². The molecule has 0 unspecified atom stereocenters. The zero-order chi connectivity index (χ0) is 21.9. The van der Waals surface area contributed by atoms with E-state index in [1.807, 2.05) is 0 Å². The number of ether oxygens (including phenoxy) is 1. The van der Waals surface area contributed by atoms with Crippen LogP contribution in [0.3, 0.4) is 0 Å². The number of hydrogen-bond donors (Lipinski definition) is 2. The van der Waals surface area contributed by atoms with E-state index >= 15 is 0 Å². The second kappa shape index (κ2) is 9.61. The highest BCUT2D eigenvalue weighted by Crippen LogP contribution is 2.30. The second-order valence-electron chi connectivity index (χ2n) is 6.03. The van der Waals surface area contributed by atoms with Crippen molar-refractivity contribution in [3.05, 3.63) is 77.5 Å². The molecule has 0 fully saturated rings. The van der Waals surface area contributed by atoms with E-state index in [0.717, 1.165) is 6.07 Å². The Balaban J connectivity index is 0.00000341. The molecule has 5 nitrogen and oxygen atoms in total. The second-order valence-corrected chi connectivity index (χ2v) is 6.03. The van der Waals surface area contributed by atoms with Crippen molar-refractivity contribution in [3.8, 4) is 11.6 Å². The van der Waals surface area contributed by atoms with E-state index < -0.39 is 34.8 Å². The van der Waals surface area contributed by atoms with E-state index in [9.17, 15) is 26.7 Å². The van der Waals surface area contributed by atoms with Crippen molar-refractivity contribution in [3.63, 3.8) is 0 Å². The van der Waals surface area contributed by atoms with Crippen LogP contribution in [0.5, 0.6) is 11.6 Å². The fourth-order valence-electron chi connectivity index (χ4n) is 2.44. The predicted octanol–water partition coefficient (Wildman–Crippen LogP) is 5.89. The third-order valence-electron chi connectivity index (χ3n) is 3.97. The van der Waals surface area contributed by atoms with Gasteiger partial charge in [0.15, 0.2) is 11.6 Å². The van der Waals surface area contributed by atoms with Gasteiger partial charge >= 0.3 is 6.18 Å². The van der Waals surface area contributed by atoms with Gasteiger partial charge in [-0.3, -0.25) is 4.79 Å². The Hall–Kier alpha value is -3.40. The number of pyridine rings is 1. The van der Waals surface area contributed by atoms with Crippen LogP contribution in [0.4, 0.5) is 33.3 Å². The first-order valence-corrected chi connectivity index (χ1v) is 8.46. The maximum atomic E-state index is 13.9. The molecule has 0 saturated carbocycles. The van der Waals surface area contributed by atoms with Gasteiger partial charge in [0.25, 0.3) is 5.91 Å². The topological polar surface area (TPSA) is 63.2 Å². The minimum atomic E-state index is -4.72. The summed E-state index contributed by atoms with van der Waals surface area (Å²) in [5.41, 5.74) is -1.07. The molecule has 0 aliphatic rings. The molecule has 1 heterocycles. The SMILES string of the molecule is CNc1ccc(Oc2ccc(NC(=O)c3ccc(C(F)(F)F)cc3F)cn2)c(F)c1.Cl. The van der Waals surface area contributed by atoms with Gasteiger partial charge < -0.3 is 15.4 Å². The van der Waals surface area contributed by atoms with Crippen LogP contribution in [0.2, 0.25) is 0 Å². The third-order valence-corrected chi connectivity index (χ3v) is 3.97. The zero-order valence-corrected chi connectivity index (χ0v) is 16.6. The van der Waals surface area contributed by atoms with E-state index in [0.29, 0.717) is 11.8 Å². The first kappa shape index (κ1) is 23.9. The summed E-state index contributed by atoms with van der Waals surface area (Å²) in [7, 11) is 1.64. The summed E-state index contributed by atoms with van der Waals surface area (Å²) in [6.07, 6.45) is -3.54. The van der Waals surface area contributed by atoms with Crippen molar-refractivity contribution in [1.29, 1.82) is 0 Å². The van der Waals surface area contributed by atoms with E-state index in [1.54, 1.807) is 13.1 Å². The summed E-state index contributed by atoms with van der Waals surface area (Å²) in [5.74, 6) is -2.91. The number of nitrogens with zero attached hydrogens (tertiary/aromatic N) is 1. The summed E-state index contributed by atoms with van der Waals surface area (Å²) in [6.45, 7) is 0. The summed E-state index contributed by atoms with van der Waals surface area (Å²) >= 11 is 0. The lowest BCUT2D eigenvalue weighted by Gasteiger charge is -2.10. The first-order valence-electron chi connectivity index (χ1n) is 8.46. The molecule has 0 aliphatic heterocycles. The molecule has 0 atom stereocenters. The molecule has 0 bridgehead atoms. The van der Waals surface area contributed by atoms with Gasteiger partial charge in [0.05, 0.1) is 23.0 Å². The van der Waals surface area contributed by atoms with E-state index in [1.165, 1.54) is 30.5 Å². The van der Waals surface area contributed by atoms with Crippen molar-refractivity contribution < 1.29 is 31.5 Å². The number of aromatic nitrogens is 1. The van der Waals surface area contributed by atoms with Gasteiger partial charge in [-0.25, -0.2) is 13.8 Å². The van der Waals surface area contributed by atoms with Crippen molar-refractivity contribution >= 4 is 29.7 Å². The van der Waals surface area contributed by atoms with Crippen molar-refractivity contribution in [1.82, 2.24) is 4.98 Å². The molecule has 1 aromatic heterocycles. The smallest absolute Gasteiger partial charge is 0.416 e. The molecule has 164 valence electrons. The molecule has 2 N–H and O–H groups in total. The first-order chi connectivity index (χ1) is 14.2. The minimum absolute atomic E-state index is 0. The van der Waals surface area contributed by atoms with E-state index in [-0.39, 0.29) is 35.8 Å². The monoisotopic (exact) mass is 459 g/mol. The number of anilines is 2. The minimum Gasteiger partial charge on any atom is -0.436 e. The average molecular weight is 460 g/mol. The molecular formula is C20H15ClF5N3O2. The van der Waals surface area contributed by atoms with Crippen molar-refractivity contribution in [2.45, 2.75) is 6.18 Å². The molecule has 2 aromatic carbocycles. The van der Waals surface area contributed by atoms with Gasteiger partial charge in [0.2, 0.25) is 5.88 Å². The number of amides is 1. The number of rotatable bonds is 5. The van der Waals surface area contributed by atoms with Gasteiger partial charge in [0, 0.05) is 24.9 Å². The number of alkyl halides is 3. The molecular weight excluding hydrogens is 445 g/mol. The Kier molecular flexibility index (Phi) is 7.40. The van der Waals surface area contributed by atoms with Crippen LogP contribution in [-0.2, 0) is 6.18 Å². The largest absolute Gasteiger partial charge is 0.436 e. The Morgan fingerprint density at radius 2 is 1.68 bits per heavy atom. The van der Waals surface area contributed by atoms with Crippen LogP contribution in [0.1, 0.15) is 15.9 Å². The van der Waals surface area contributed by atoms with Crippen LogP contribution in [0.25, 0.3) is 0 Å². The quantitative estimate of drug-likeness (QED) is 0.467. The van der Waals surface area contributed by atoms with Gasteiger partial charge in [-0.2, -0.15) is 13.2 Å². The molecule has 3 aromatic rings. The van der Waals surface area contributed by atoms with Crippen molar-refractivity contribution in [2.75, 3.05) is 17.7 Å². The summed E-state index contributed by atoms with van der Waals surface area (Å²) in [6, 6.07) is 8.56. The van der Waals surface area contributed by atoms with Crippen LogP contribution < -0.4 is 15.4 Å². The molecule has 1 amide bonds. The molecule has 11 heteroatoms. The fourth-order valence-corrected chi connectivity index (χ4v) is 2.44. The van der Waals surface area contributed by atoms with Gasteiger partial charge in [-0.15, -0.1) is 12.4 Å². The highest BCUT2D eigenvalue weighted by molar-refractivity contribution is 6.04. The van der Waals surface area contributed by atoms with Crippen molar-refractivity contribution in [2.24, 2.45) is 0 Å². The Morgan fingerprint density at radius 3 is 2.23 bits per heavy atom. The average Bonchev–Trinajstić information content (AvgIpc) is 2.70. The normalized spacial score (nSPS) is 10.8. The number of carbonyl (C=O) groups is 1.